The summed E-state index contributed by atoms with van der Waals surface area (Å²) in [5.41, 5.74) is 13.7. The van der Waals surface area contributed by atoms with E-state index in [0.717, 1.165) is 16.5 Å². The van der Waals surface area contributed by atoms with Crippen molar-refractivity contribution in [2.24, 2.45) is 11.5 Å². The topological polar surface area (TPSA) is 221 Å². The van der Waals surface area contributed by atoms with E-state index in [9.17, 15) is 24.3 Å². The fourth-order valence-corrected chi connectivity index (χ4v) is 4.02. The molecule has 3 rings (SSSR count). The van der Waals surface area contributed by atoms with Gasteiger partial charge in [0.15, 0.2) is 0 Å². The summed E-state index contributed by atoms with van der Waals surface area (Å²) in [4.78, 5) is 59.6. The number of aromatic amines is 2. The van der Waals surface area contributed by atoms with Gasteiger partial charge in [0, 0.05) is 41.8 Å². The monoisotopic (exact) mass is 526 g/mol. The highest BCUT2D eigenvalue weighted by atomic mass is 16.4. The zero-order chi connectivity index (χ0) is 27.5. The second-order valence-electron chi connectivity index (χ2n) is 8.97. The number of carboxylic acid groups (broad SMARTS) is 1. The van der Waals surface area contributed by atoms with Gasteiger partial charge in [-0.15, -0.1) is 0 Å². The molecule has 0 fully saturated rings. The molecule has 3 amide bonds. The van der Waals surface area contributed by atoms with Gasteiger partial charge in [0.1, 0.15) is 12.1 Å². The molecular formula is C25H34N8O5. The molecule has 0 radical (unpaired) electrons. The number of imidazole rings is 1. The maximum atomic E-state index is 13.1. The third-order valence-electron chi connectivity index (χ3n) is 6.07. The molecule has 2 heterocycles. The summed E-state index contributed by atoms with van der Waals surface area (Å²) in [5, 5.41) is 18.2. The summed E-state index contributed by atoms with van der Waals surface area (Å²) >= 11 is 0. The Kier molecular flexibility index (Phi) is 10.4. The molecular weight excluding hydrogens is 492 g/mol. The SMILES string of the molecule is NCCCC[C@H](NC(=O)CNC(=O)C(N)Cc1cnc[nH]1)C(=O)N[C@@H](Cc1c[nH]c2ccccc12)C(=O)O. The minimum Gasteiger partial charge on any atom is -0.480 e. The van der Waals surface area contributed by atoms with E-state index in [2.05, 4.69) is 30.9 Å². The number of nitrogens with two attached hydrogens (primary N) is 2. The van der Waals surface area contributed by atoms with E-state index in [0.29, 0.717) is 25.1 Å². The number of aromatic nitrogens is 3. The van der Waals surface area contributed by atoms with Crippen LogP contribution in [-0.4, -0.2) is 75.0 Å². The average molecular weight is 527 g/mol. The standard InChI is InChI=1S/C25H34N8O5/c26-8-4-3-7-20(32-22(34)13-30-23(35)18(27)10-16-12-28-14-31-16)24(36)33-21(25(37)38)9-15-11-29-19-6-2-1-5-17(15)19/h1-2,5-6,11-12,14,18,20-21,29H,3-4,7-10,13,26-27H2,(H,28,31)(H,30,35)(H,32,34)(H,33,36)(H,37,38)/t18?,20-,21-/m0/s1. The lowest BCUT2D eigenvalue weighted by Gasteiger charge is -2.22. The van der Waals surface area contributed by atoms with Crippen LogP contribution < -0.4 is 27.4 Å². The van der Waals surface area contributed by atoms with Gasteiger partial charge in [0.2, 0.25) is 17.7 Å². The predicted octanol–water partition coefficient (Wildman–Crippen LogP) is -0.697. The van der Waals surface area contributed by atoms with Crippen LogP contribution in [0.4, 0.5) is 0 Å². The molecule has 10 N–H and O–H groups in total. The number of hydrogen-bond donors (Lipinski definition) is 8. The first-order valence-corrected chi connectivity index (χ1v) is 12.4. The van der Waals surface area contributed by atoms with Gasteiger partial charge in [-0.25, -0.2) is 9.78 Å². The Morgan fingerprint density at radius 2 is 1.79 bits per heavy atom. The zero-order valence-electron chi connectivity index (χ0n) is 20.9. The van der Waals surface area contributed by atoms with Gasteiger partial charge in [0.05, 0.1) is 18.9 Å². The lowest BCUT2D eigenvalue weighted by atomic mass is 10.0. The van der Waals surface area contributed by atoms with E-state index < -0.39 is 48.4 Å². The van der Waals surface area contributed by atoms with E-state index in [1.807, 2.05) is 24.3 Å². The van der Waals surface area contributed by atoms with Crippen LogP contribution in [0.1, 0.15) is 30.5 Å². The van der Waals surface area contributed by atoms with Crippen molar-refractivity contribution < 1.29 is 24.3 Å². The number of carbonyl (C=O) groups is 4. The van der Waals surface area contributed by atoms with Crippen molar-refractivity contribution in [2.45, 2.75) is 50.2 Å². The number of hydrogen-bond acceptors (Lipinski definition) is 7. The van der Waals surface area contributed by atoms with Gasteiger partial charge < -0.3 is 42.5 Å². The molecule has 3 aromatic rings. The number of fused-ring (bicyclic) bond motifs is 1. The fourth-order valence-electron chi connectivity index (χ4n) is 4.02. The van der Waals surface area contributed by atoms with Gasteiger partial charge in [-0.05, 0) is 37.4 Å². The van der Waals surface area contributed by atoms with Crippen LogP contribution >= 0.6 is 0 Å². The number of carbonyl (C=O) groups excluding carboxylic acids is 3. The number of carboxylic acids is 1. The molecule has 0 aliphatic heterocycles. The van der Waals surface area contributed by atoms with Crippen molar-refractivity contribution in [2.75, 3.05) is 13.1 Å². The fraction of sp³-hybridized carbons (Fsp3) is 0.400. The number of H-pyrrole nitrogens is 2. The highest BCUT2D eigenvalue weighted by molar-refractivity contribution is 5.93. The summed E-state index contributed by atoms with van der Waals surface area (Å²) in [6.45, 7) is 0.0127. The maximum Gasteiger partial charge on any atom is 0.326 e. The van der Waals surface area contributed by atoms with Crippen LogP contribution in [0.5, 0.6) is 0 Å². The molecule has 0 saturated heterocycles. The smallest absolute Gasteiger partial charge is 0.326 e. The van der Waals surface area contributed by atoms with Gasteiger partial charge in [0.25, 0.3) is 0 Å². The van der Waals surface area contributed by atoms with Crippen LogP contribution in [0, 0.1) is 0 Å². The molecule has 0 bridgehead atoms. The highest BCUT2D eigenvalue weighted by Crippen LogP contribution is 2.19. The van der Waals surface area contributed by atoms with Crippen LogP contribution in [0.3, 0.4) is 0 Å². The van der Waals surface area contributed by atoms with Gasteiger partial charge >= 0.3 is 5.97 Å². The molecule has 13 heteroatoms. The minimum atomic E-state index is -1.21. The van der Waals surface area contributed by atoms with Gasteiger partial charge in [-0.3, -0.25) is 14.4 Å². The maximum absolute atomic E-state index is 13.1. The van der Waals surface area contributed by atoms with E-state index in [-0.39, 0.29) is 19.3 Å². The largest absolute Gasteiger partial charge is 0.480 e. The van der Waals surface area contributed by atoms with E-state index in [1.165, 1.54) is 6.33 Å². The number of rotatable bonds is 15. The molecule has 38 heavy (non-hydrogen) atoms. The first kappa shape index (κ1) is 28.3. The van der Waals surface area contributed by atoms with Crippen LogP contribution in [0.15, 0.2) is 43.0 Å². The summed E-state index contributed by atoms with van der Waals surface area (Å²) in [6, 6.07) is 4.34. The van der Waals surface area contributed by atoms with Crippen molar-refractivity contribution in [3.05, 3.63) is 54.2 Å². The quantitative estimate of drug-likeness (QED) is 0.118. The molecule has 3 atom stereocenters. The lowest BCUT2D eigenvalue weighted by molar-refractivity contribution is -0.142. The number of para-hydroxylation sites is 1. The number of amides is 3. The number of unbranched alkanes of at least 4 members (excludes halogenated alkanes) is 1. The predicted molar refractivity (Wildman–Crippen MR) is 140 cm³/mol. The number of nitrogens with one attached hydrogen (secondary N) is 5. The second kappa shape index (κ2) is 13.9. The van der Waals surface area contributed by atoms with Gasteiger partial charge in [-0.1, -0.05) is 18.2 Å². The summed E-state index contributed by atoms with van der Waals surface area (Å²) < 4.78 is 0. The van der Waals surface area contributed by atoms with Crippen molar-refractivity contribution in [1.29, 1.82) is 0 Å². The number of nitrogens with zero attached hydrogens (tertiary/aromatic N) is 1. The molecule has 1 aromatic carbocycles. The van der Waals surface area contributed by atoms with Gasteiger partial charge in [-0.2, -0.15) is 0 Å². The molecule has 0 aliphatic rings. The molecule has 0 saturated carbocycles. The Balaban J connectivity index is 1.58. The summed E-state index contributed by atoms with van der Waals surface area (Å²) in [7, 11) is 0. The zero-order valence-corrected chi connectivity index (χ0v) is 20.9. The summed E-state index contributed by atoms with van der Waals surface area (Å²) in [6.07, 6.45) is 6.41. The van der Waals surface area contributed by atoms with Crippen molar-refractivity contribution >= 4 is 34.6 Å². The first-order valence-electron chi connectivity index (χ1n) is 12.4. The van der Waals surface area contributed by atoms with E-state index in [4.69, 9.17) is 11.5 Å². The average Bonchev–Trinajstić information content (AvgIpc) is 3.56. The lowest BCUT2D eigenvalue weighted by Crippen LogP contribution is -2.54. The molecule has 13 nitrogen and oxygen atoms in total. The van der Waals surface area contributed by atoms with Crippen LogP contribution in [-0.2, 0) is 32.0 Å². The molecule has 0 spiro atoms. The van der Waals surface area contributed by atoms with Crippen molar-refractivity contribution in [3.63, 3.8) is 0 Å². The third kappa shape index (κ3) is 8.15. The van der Waals surface area contributed by atoms with Crippen molar-refractivity contribution in [3.8, 4) is 0 Å². The van der Waals surface area contributed by atoms with Crippen LogP contribution in [0.25, 0.3) is 10.9 Å². The first-order chi connectivity index (χ1) is 18.3. The number of aliphatic carboxylic acids is 1. The normalized spacial score (nSPS) is 13.4. The Labute approximate surface area is 219 Å². The third-order valence-corrected chi connectivity index (χ3v) is 6.07. The van der Waals surface area contributed by atoms with Crippen LogP contribution in [0.2, 0.25) is 0 Å². The second-order valence-corrected chi connectivity index (χ2v) is 8.97. The summed E-state index contributed by atoms with van der Waals surface area (Å²) in [5.74, 6) is -2.98. The molecule has 1 unspecified atom stereocenters. The Bertz CT molecular complexity index is 1230. The van der Waals surface area contributed by atoms with Crippen molar-refractivity contribution in [1.82, 2.24) is 30.9 Å². The molecule has 2 aromatic heterocycles. The highest BCUT2D eigenvalue weighted by Gasteiger charge is 2.27. The van der Waals surface area contributed by atoms with E-state index in [1.54, 1.807) is 12.4 Å². The molecule has 204 valence electrons. The Hall–Kier alpha value is -4.23. The molecule has 0 aliphatic carbocycles. The van der Waals surface area contributed by atoms with E-state index >= 15 is 0 Å². The minimum absolute atomic E-state index is 0.0544. The number of benzene rings is 1. The Morgan fingerprint density at radius 1 is 1.00 bits per heavy atom. The Morgan fingerprint density at radius 3 is 2.50 bits per heavy atom.